The molecule has 4 heterocycles. The molecule has 5 aliphatic rings. The predicted octanol–water partition coefficient (Wildman–Crippen LogP) is 3.13. The fraction of sp³-hybridized carbons (Fsp3) is 0.750. The first-order chi connectivity index (χ1) is 14.4. The SMILES string of the molecule is Cc1c(N2CCC(OCC3(C)CC3)C3CC32)nc2c(c1C)C(=O)N1CCC(O)CC21. The van der Waals surface area contributed by atoms with Crippen molar-refractivity contribution in [2.45, 2.75) is 83.6 Å². The largest absolute Gasteiger partial charge is 0.393 e. The summed E-state index contributed by atoms with van der Waals surface area (Å²) in [5, 5.41) is 10.2. The zero-order valence-electron chi connectivity index (χ0n) is 18.4. The molecule has 1 aromatic rings. The van der Waals surface area contributed by atoms with Crippen LogP contribution in [0.4, 0.5) is 5.82 Å². The summed E-state index contributed by atoms with van der Waals surface area (Å²) in [7, 11) is 0. The summed E-state index contributed by atoms with van der Waals surface area (Å²) in [6, 6.07) is 0.453. The number of carbonyl (C=O) groups is 1. The number of aliphatic hydroxyl groups excluding tert-OH is 1. The molecule has 2 saturated carbocycles. The molecule has 1 N–H and O–H groups in total. The van der Waals surface area contributed by atoms with Crippen LogP contribution in [0.1, 0.15) is 78.7 Å². The molecular weight excluding hydrogens is 378 g/mol. The van der Waals surface area contributed by atoms with Crippen LogP contribution >= 0.6 is 0 Å². The van der Waals surface area contributed by atoms with Gasteiger partial charge < -0.3 is 19.6 Å². The number of anilines is 1. The van der Waals surface area contributed by atoms with E-state index in [0.717, 1.165) is 47.8 Å². The monoisotopic (exact) mass is 411 g/mol. The number of hydrogen-bond acceptors (Lipinski definition) is 5. The first-order valence-corrected chi connectivity index (χ1v) is 11.7. The highest BCUT2D eigenvalue weighted by Gasteiger charge is 2.53. The molecule has 2 aliphatic carbocycles. The lowest BCUT2D eigenvalue weighted by atomic mass is 9.96. The van der Waals surface area contributed by atoms with Crippen molar-refractivity contribution in [1.29, 1.82) is 0 Å². The van der Waals surface area contributed by atoms with Crippen molar-refractivity contribution < 1.29 is 14.6 Å². The number of aliphatic hydroxyl groups is 1. The minimum absolute atomic E-state index is 0.0653. The van der Waals surface area contributed by atoms with Gasteiger partial charge in [-0.3, -0.25) is 4.79 Å². The van der Waals surface area contributed by atoms with Crippen molar-refractivity contribution in [2.24, 2.45) is 11.3 Å². The molecule has 6 rings (SSSR count). The highest BCUT2D eigenvalue weighted by Crippen LogP contribution is 2.51. The quantitative estimate of drug-likeness (QED) is 0.825. The molecule has 1 aromatic heterocycles. The van der Waals surface area contributed by atoms with E-state index in [1.165, 1.54) is 19.3 Å². The van der Waals surface area contributed by atoms with Gasteiger partial charge in [-0.05, 0) is 68.9 Å². The molecule has 30 heavy (non-hydrogen) atoms. The van der Waals surface area contributed by atoms with Crippen LogP contribution in [0.15, 0.2) is 0 Å². The zero-order chi connectivity index (χ0) is 20.8. The number of aromatic nitrogens is 1. The van der Waals surface area contributed by atoms with Gasteiger partial charge in [-0.2, -0.15) is 0 Å². The fourth-order valence-corrected chi connectivity index (χ4v) is 5.92. The van der Waals surface area contributed by atoms with Gasteiger partial charge in [-0.15, -0.1) is 0 Å². The number of piperidine rings is 2. The van der Waals surface area contributed by atoms with E-state index in [4.69, 9.17) is 9.72 Å². The van der Waals surface area contributed by atoms with Crippen molar-refractivity contribution >= 4 is 11.7 Å². The van der Waals surface area contributed by atoms with Crippen molar-refractivity contribution in [3.8, 4) is 0 Å². The van der Waals surface area contributed by atoms with Gasteiger partial charge in [0, 0.05) is 25.0 Å². The summed E-state index contributed by atoms with van der Waals surface area (Å²) < 4.78 is 6.35. The summed E-state index contributed by atoms with van der Waals surface area (Å²) in [4.78, 5) is 22.6. The summed E-state index contributed by atoms with van der Waals surface area (Å²) in [5.74, 6) is 1.78. The summed E-state index contributed by atoms with van der Waals surface area (Å²) in [6.45, 7) is 9.03. The Balaban J connectivity index is 1.26. The predicted molar refractivity (Wildman–Crippen MR) is 114 cm³/mol. The molecule has 0 bridgehead atoms. The molecule has 5 atom stereocenters. The van der Waals surface area contributed by atoms with Gasteiger partial charge in [-0.25, -0.2) is 4.98 Å². The number of rotatable bonds is 4. The van der Waals surface area contributed by atoms with E-state index in [-0.39, 0.29) is 18.1 Å². The molecule has 1 amide bonds. The number of ether oxygens (including phenoxy) is 1. The van der Waals surface area contributed by atoms with Crippen LogP contribution in [0.2, 0.25) is 0 Å². The van der Waals surface area contributed by atoms with Crippen LogP contribution in [0.3, 0.4) is 0 Å². The maximum atomic E-state index is 13.0. The highest BCUT2D eigenvalue weighted by atomic mass is 16.5. The Labute approximate surface area is 178 Å². The summed E-state index contributed by atoms with van der Waals surface area (Å²) >= 11 is 0. The van der Waals surface area contributed by atoms with Crippen LogP contribution in [0, 0.1) is 25.2 Å². The van der Waals surface area contributed by atoms with Crippen LogP contribution in [-0.2, 0) is 4.74 Å². The van der Waals surface area contributed by atoms with Crippen LogP contribution in [0.25, 0.3) is 0 Å². The number of pyridine rings is 1. The average molecular weight is 412 g/mol. The normalized spacial score (nSPS) is 35.7. The third kappa shape index (κ3) is 2.83. The van der Waals surface area contributed by atoms with Crippen LogP contribution < -0.4 is 4.90 Å². The molecule has 5 unspecified atom stereocenters. The second-order valence-electron chi connectivity index (χ2n) is 10.7. The molecule has 0 aromatic carbocycles. The van der Waals surface area contributed by atoms with Gasteiger partial charge in [0.1, 0.15) is 5.82 Å². The molecule has 2 saturated heterocycles. The second-order valence-corrected chi connectivity index (χ2v) is 10.7. The molecule has 0 spiro atoms. The first kappa shape index (κ1) is 19.1. The zero-order valence-corrected chi connectivity index (χ0v) is 18.4. The van der Waals surface area contributed by atoms with Crippen molar-refractivity contribution in [3.63, 3.8) is 0 Å². The van der Waals surface area contributed by atoms with Crippen LogP contribution in [-0.4, -0.2) is 58.8 Å². The number of amides is 1. The summed E-state index contributed by atoms with van der Waals surface area (Å²) in [6.07, 6.45) is 6.18. The minimum atomic E-state index is -0.342. The molecule has 6 heteroatoms. The Morgan fingerprint density at radius 3 is 2.67 bits per heavy atom. The topological polar surface area (TPSA) is 65.9 Å². The van der Waals surface area contributed by atoms with Crippen molar-refractivity contribution in [3.05, 3.63) is 22.4 Å². The van der Waals surface area contributed by atoms with E-state index in [1.807, 2.05) is 4.90 Å². The first-order valence-electron chi connectivity index (χ1n) is 11.7. The Kier molecular flexibility index (Phi) is 4.08. The lowest BCUT2D eigenvalue weighted by Crippen LogP contribution is -2.40. The van der Waals surface area contributed by atoms with Gasteiger partial charge in [-0.1, -0.05) is 6.92 Å². The third-order valence-corrected chi connectivity index (χ3v) is 8.48. The van der Waals surface area contributed by atoms with Gasteiger partial charge >= 0.3 is 0 Å². The number of hydrogen-bond donors (Lipinski definition) is 1. The number of fused-ring (bicyclic) bond motifs is 4. The van der Waals surface area contributed by atoms with E-state index in [9.17, 15) is 9.90 Å². The van der Waals surface area contributed by atoms with E-state index >= 15 is 0 Å². The Morgan fingerprint density at radius 1 is 1.13 bits per heavy atom. The molecule has 162 valence electrons. The minimum Gasteiger partial charge on any atom is -0.393 e. The molecule has 3 aliphatic heterocycles. The van der Waals surface area contributed by atoms with E-state index in [0.29, 0.717) is 42.9 Å². The fourth-order valence-electron chi connectivity index (χ4n) is 5.92. The number of carbonyl (C=O) groups excluding carboxylic acids is 1. The Morgan fingerprint density at radius 2 is 1.90 bits per heavy atom. The number of nitrogens with zero attached hydrogens (tertiary/aromatic N) is 3. The standard InChI is InChI=1S/C24H33N3O3/c1-13-14(2)22(25-21-18-10-15(28)4-8-27(18)23(29)20(13)21)26-9-5-19(16-11-17(16)26)30-12-24(3)6-7-24/h15-19,28H,4-12H2,1-3H3. The van der Waals surface area contributed by atoms with Gasteiger partial charge in [0.15, 0.2) is 0 Å². The van der Waals surface area contributed by atoms with Gasteiger partial charge in [0.25, 0.3) is 5.91 Å². The lowest BCUT2D eigenvalue weighted by Gasteiger charge is -2.35. The molecule has 6 nitrogen and oxygen atoms in total. The van der Waals surface area contributed by atoms with E-state index in [1.54, 1.807) is 0 Å². The highest BCUT2D eigenvalue weighted by molar-refractivity contribution is 6.01. The molecule has 0 radical (unpaired) electrons. The van der Waals surface area contributed by atoms with Crippen LogP contribution in [0.5, 0.6) is 0 Å². The van der Waals surface area contributed by atoms with E-state index in [2.05, 4.69) is 25.7 Å². The Bertz CT molecular complexity index is 911. The van der Waals surface area contributed by atoms with Gasteiger partial charge in [0.2, 0.25) is 0 Å². The Hall–Kier alpha value is -1.66. The van der Waals surface area contributed by atoms with E-state index < -0.39 is 0 Å². The molecule has 4 fully saturated rings. The average Bonchev–Trinajstić information content (AvgIpc) is 3.64. The van der Waals surface area contributed by atoms with Gasteiger partial charge in [0.05, 0.1) is 36.1 Å². The smallest absolute Gasteiger partial charge is 0.256 e. The maximum Gasteiger partial charge on any atom is 0.256 e. The molecular formula is C24H33N3O3. The third-order valence-electron chi connectivity index (χ3n) is 8.48. The van der Waals surface area contributed by atoms with Crippen molar-refractivity contribution in [2.75, 3.05) is 24.6 Å². The summed E-state index contributed by atoms with van der Waals surface area (Å²) in [5.41, 5.74) is 4.34. The lowest BCUT2D eigenvalue weighted by molar-refractivity contribution is 0.00310. The maximum absolute atomic E-state index is 13.0. The van der Waals surface area contributed by atoms with Crippen molar-refractivity contribution in [1.82, 2.24) is 9.88 Å². The second kappa shape index (κ2) is 6.42.